The number of rotatable bonds is 4. The van der Waals surface area contributed by atoms with E-state index >= 15 is 0 Å². The number of benzene rings is 1. The highest BCUT2D eigenvalue weighted by atomic mass is 19.1. The molecule has 5 heteroatoms. The Kier molecular flexibility index (Phi) is 4.25. The lowest BCUT2D eigenvalue weighted by molar-refractivity contribution is -0.122. The third-order valence-corrected chi connectivity index (χ3v) is 2.07. The number of carbonyl (C=O) groups is 1. The number of carbonyl (C=O) groups excluding carboxylic acids is 1. The first-order valence-electron chi connectivity index (χ1n) is 4.85. The molecule has 0 saturated heterocycles. The van der Waals surface area contributed by atoms with E-state index in [-0.39, 0.29) is 23.8 Å². The van der Waals surface area contributed by atoms with E-state index in [1.165, 1.54) is 26.1 Å². The van der Waals surface area contributed by atoms with Gasteiger partial charge in [-0.2, -0.15) is 0 Å². The van der Waals surface area contributed by atoms with Crippen LogP contribution in [0.3, 0.4) is 0 Å². The lowest BCUT2D eigenvalue weighted by atomic mass is 10.1. The molecule has 1 aromatic rings. The highest BCUT2D eigenvalue weighted by molar-refractivity contribution is 5.77. The molecule has 2 N–H and O–H groups in total. The first kappa shape index (κ1) is 12.4. The number of likely N-dealkylation sites (N-methyl/N-ethyl adjacent to an activating group) is 1. The quantitative estimate of drug-likeness (QED) is 0.806. The number of halogens is 1. The van der Waals surface area contributed by atoms with Crippen LogP contribution in [-0.4, -0.2) is 24.7 Å². The second-order valence-electron chi connectivity index (χ2n) is 3.32. The molecule has 16 heavy (non-hydrogen) atoms. The average Bonchev–Trinajstić information content (AvgIpc) is 2.25. The number of nitrogens with one attached hydrogen (secondary N) is 1. The zero-order valence-corrected chi connectivity index (χ0v) is 9.16. The molecule has 0 aromatic heterocycles. The summed E-state index contributed by atoms with van der Waals surface area (Å²) in [5, 5.41) is 11.6. The minimum absolute atomic E-state index is 0.163. The zero-order valence-electron chi connectivity index (χ0n) is 9.16. The summed E-state index contributed by atoms with van der Waals surface area (Å²) in [4.78, 5) is 10.9. The Morgan fingerprint density at radius 3 is 2.81 bits per heavy atom. The van der Waals surface area contributed by atoms with Crippen molar-refractivity contribution in [2.24, 2.45) is 0 Å². The molecule has 0 fully saturated rings. The molecule has 0 saturated carbocycles. The maximum absolute atomic E-state index is 13.4. The van der Waals surface area contributed by atoms with Gasteiger partial charge in [-0.1, -0.05) is 0 Å². The van der Waals surface area contributed by atoms with Crippen molar-refractivity contribution in [2.45, 2.75) is 13.0 Å². The van der Waals surface area contributed by atoms with Gasteiger partial charge in [-0.3, -0.25) is 4.79 Å². The standard InChI is InChI=1S/C11H14FNO3/c1-7(14)9-4-3-8(5-10(9)12)16-6-11(15)13-2/h3-5,7,14H,6H2,1-2H3,(H,13,15). The second-order valence-corrected chi connectivity index (χ2v) is 3.32. The van der Waals surface area contributed by atoms with E-state index in [2.05, 4.69) is 5.32 Å². The molecule has 0 aliphatic rings. The van der Waals surface area contributed by atoms with Gasteiger partial charge >= 0.3 is 0 Å². The molecule has 0 aliphatic carbocycles. The fourth-order valence-electron chi connectivity index (χ4n) is 1.16. The summed E-state index contributed by atoms with van der Waals surface area (Å²) in [7, 11) is 1.49. The van der Waals surface area contributed by atoms with Crippen LogP contribution < -0.4 is 10.1 Å². The van der Waals surface area contributed by atoms with Crippen LogP contribution in [0.4, 0.5) is 4.39 Å². The van der Waals surface area contributed by atoms with Gasteiger partial charge in [0.25, 0.3) is 5.91 Å². The number of hydrogen-bond donors (Lipinski definition) is 2. The van der Waals surface area contributed by atoms with Crippen LogP contribution in [0, 0.1) is 5.82 Å². The van der Waals surface area contributed by atoms with Crippen LogP contribution in [0.5, 0.6) is 5.75 Å². The van der Waals surface area contributed by atoms with Gasteiger partial charge in [0.2, 0.25) is 0 Å². The van der Waals surface area contributed by atoms with Crippen molar-refractivity contribution >= 4 is 5.91 Å². The Balaban J connectivity index is 2.70. The van der Waals surface area contributed by atoms with E-state index in [9.17, 15) is 14.3 Å². The third kappa shape index (κ3) is 3.20. The molecule has 0 spiro atoms. The maximum Gasteiger partial charge on any atom is 0.257 e. The lowest BCUT2D eigenvalue weighted by Crippen LogP contribution is -2.24. The summed E-state index contributed by atoms with van der Waals surface area (Å²) in [6.07, 6.45) is -0.868. The molecular formula is C11H14FNO3. The van der Waals surface area contributed by atoms with Crippen molar-refractivity contribution in [2.75, 3.05) is 13.7 Å². The van der Waals surface area contributed by atoms with Crippen LogP contribution in [0.25, 0.3) is 0 Å². The van der Waals surface area contributed by atoms with Gasteiger partial charge in [0, 0.05) is 18.7 Å². The smallest absolute Gasteiger partial charge is 0.257 e. The van der Waals surface area contributed by atoms with Crippen molar-refractivity contribution in [3.63, 3.8) is 0 Å². The average molecular weight is 227 g/mol. The SMILES string of the molecule is CNC(=O)COc1ccc(C(C)O)c(F)c1. The Morgan fingerprint density at radius 2 is 2.31 bits per heavy atom. The van der Waals surface area contributed by atoms with Crippen LogP contribution in [0.2, 0.25) is 0 Å². The summed E-state index contributed by atoms with van der Waals surface area (Å²) in [6.45, 7) is 1.31. The van der Waals surface area contributed by atoms with E-state index < -0.39 is 11.9 Å². The van der Waals surface area contributed by atoms with Gasteiger partial charge in [-0.15, -0.1) is 0 Å². The van der Waals surface area contributed by atoms with Crippen LogP contribution in [0.1, 0.15) is 18.6 Å². The molecule has 1 aromatic carbocycles. The Morgan fingerprint density at radius 1 is 1.62 bits per heavy atom. The van der Waals surface area contributed by atoms with Gasteiger partial charge in [0.1, 0.15) is 11.6 Å². The molecule has 0 radical (unpaired) electrons. The minimum Gasteiger partial charge on any atom is -0.484 e. The van der Waals surface area contributed by atoms with E-state index in [0.29, 0.717) is 0 Å². The van der Waals surface area contributed by atoms with Gasteiger partial charge in [0.05, 0.1) is 6.10 Å². The van der Waals surface area contributed by atoms with Crippen molar-refractivity contribution in [1.82, 2.24) is 5.32 Å². The molecule has 4 nitrogen and oxygen atoms in total. The zero-order chi connectivity index (χ0) is 12.1. The van der Waals surface area contributed by atoms with Crippen LogP contribution in [-0.2, 0) is 4.79 Å². The third-order valence-electron chi connectivity index (χ3n) is 2.07. The fourth-order valence-corrected chi connectivity index (χ4v) is 1.16. The van der Waals surface area contributed by atoms with Crippen molar-refractivity contribution in [3.8, 4) is 5.75 Å². The summed E-state index contributed by atoms with van der Waals surface area (Å²) in [5.41, 5.74) is 0.201. The van der Waals surface area contributed by atoms with Gasteiger partial charge in [0.15, 0.2) is 6.61 Å². The van der Waals surface area contributed by atoms with Gasteiger partial charge < -0.3 is 15.2 Å². The van der Waals surface area contributed by atoms with E-state index in [0.717, 1.165) is 6.07 Å². The number of aliphatic hydroxyl groups is 1. The topological polar surface area (TPSA) is 58.6 Å². The minimum atomic E-state index is -0.868. The normalized spacial score (nSPS) is 12.0. The molecular weight excluding hydrogens is 213 g/mol. The summed E-state index contributed by atoms with van der Waals surface area (Å²) >= 11 is 0. The maximum atomic E-state index is 13.4. The Labute approximate surface area is 93.0 Å². The number of ether oxygens (including phenoxy) is 1. The first-order valence-corrected chi connectivity index (χ1v) is 4.85. The van der Waals surface area contributed by atoms with Crippen molar-refractivity contribution in [3.05, 3.63) is 29.6 Å². The van der Waals surface area contributed by atoms with E-state index in [1.54, 1.807) is 0 Å². The highest BCUT2D eigenvalue weighted by Gasteiger charge is 2.09. The molecule has 1 amide bonds. The second kappa shape index (κ2) is 5.46. The van der Waals surface area contributed by atoms with Crippen molar-refractivity contribution in [1.29, 1.82) is 0 Å². The molecule has 1 unspecified atom stereocenters. The molecule has 0 heterocycles. The number of hydrogen-bond acceptors (Lipinski definition) is 3. The Bertz CT molecular complexity index is 379. The predicted molar refractivity (Wildman–Crippen MR) is 56.6 cm³/mol. The molecule has 0 aliphatic heterocycles. The first-order chi connectivity index (χ1) is 7.54. The van der Waals surface area contributed by atoms with E-state index in [4.69, 9.17) is 4.74 Å². The highest BCUT2D eigenvalue weighted by Crippen LogP contribution is 2.21. The molecule has 1 rings (SSSR count). The van der Waals surface area contributed by atoms with Gasteiger partial charge in [-0.25, -0.2) is 4.39 Å². The molecule has 1 atom stereocenters. The predicted octanol–water partition coefficient (Wildman–Crippen LogP) is 1.00. The fraction of sp³-hybridized carbons (Fsp3) is 0.364. The summed E-state index contributed by atoms with van der Waals surface area (Å²) in [5.74, 6) is -0.588. The van der Waals surface area contributed by atoms with Crippen molar-refractivity contribution < 1.29 is 19.0 Å². The van der Waals surface area contributed by atoms with E-state index in [1.807, 2.05) is 0 Å². The molecule has 0 bridgehead atoms. The lowest BCUT2D eigenvalue weighted by Gasteiger charge is -2.09. The largest absolute Gasteiger partial charge is 0.484 e. The van der Waals surface area contributed by atoms with Crippen LogP contribution >= 0.6 is 0 Å². The summed E-state index contributed by atoms with van der Waals surface area (Å²) < 4.78 is 18.4. The number of amides is 1. The van der Waals surface area contributed by atoms with Gasteiger partial charge in [-0.05, 0) is 19.1 Å². The molecule has 88 valence electrons. The summed E-state index contributed by atoms with van der Waals surface area (Å²) in [6, 6.07) is 4.08. The monoisotopic (exact) mass is 227 g/mol. The van der Waals surface area contributed by atoms with Crippen LogP contribution in [0.15, 0.2) is 18.2 Å². The number of aliphatic hydroxyl groups excluding tert-OH is 1. The Hall–Kier alpha value is -1.62.